The topological polar surface area (TPSA) is 44.8 Å². The highest BCUT2D eigenvalue weighted by molar-refractivity contribution is 5.80. The molecule has 3 rings (SSSR count). The molecule has 0 spiro atoms. The van der Waals surface area contributed by atoms with Crippen LogP contribution in [0.15, 0.2) is 30.3 Å². The lowest BCUT2D eigenvalue weighted by atomic mass is 9.87. The first-order valence-electron chi connectivity index (χ1n) is 8.94. The van der Waals surface area contributed by atoms with E-state index in [4.69, 9.17) is 14.2 Å². The van der Waals surface area contributed by atoms with E-state index in [-0.39, 0.29) is 5.97 Å². The average Bonchev–Trinajstić information content (AvgIpc) is 2.66. The Kier molecular flexibility index (Phi) is 4.94. The second kappa shape index (κ2) is 7.02. The van der Waals surface area contributed by atoms with Gasteiger partial charge in [0, 0.05) is 12.0 Å². The number of esters is 1. The Bertz CT molecular complexity index is 826. The number of rotatable bonds is 4. The standard InChI is InChI=1S/C22H26O4/c1-14-15(2)20-18(11-12-22(4,26-20)21(23)24-5)16(3)19(14)25-13-17-9-7-6-8-10-17/h6-10H,11-13H2,1-5H3/t22-/m1/s1. The Labute approximate surface area is 155 Å². The monoisotopic (exact) mass is 354 g/mol. The summed E-state index contributed by atoms with van der Waals surface area (Å²) in [6.45, 7) is 8.45. The van der Waals surface area contributed by atoms with Crippen molar-refractivity contribution in [2.75, 3.05) is 7.11 Å². The van der Waals surface area contributed by atoms with Crippen LogP contribution in [0.3, 0.4) is 0 Å². The summed E-state index contributed by atoms with van der Waals surface area (Å²) in [6.07, 6.45) is 1.35. The molecule has 0 fully saturated rings. The molecular weight excluding hydrogens is 328 g/mol. The van der Waals surface area contributed by atoms with Crippen molar-refractivity contribution in [2.45, 2.75) is 52.7 Å². The molecule has 0 aromatic heterocycles. The molecule has 138 valence electrons. The van der Waals surface area contributed by atoms with Gasteiger partial charge in [0.05, 0.1) is 7.11 Å². The summed E-state index contributed by atoms with van der Waals surface area (Å²) in [6, 6.07) is 10.1. The van der Waals surface area contributed by atoms with E-state index in [1.54, 1.807) is 6.92 Å². The Morgan fingerprint density at radius 3 is 2.46 bits per heavy atom. The maximum absolute atomic E-state index is 12.1. The van der Waals surface area contributed by atoms with Crippen LogP contribution in [0.25, 0.3) is 0 Å². The first-order chi connectivity index (χ1) is 12.4. The van der Waals surface area contributed by atoms with Crippen molar-refractivity contribution in [1.29, 1.82) is 0 Å². The molecule has 4 nitrogen and oxygen atoms in total. The van der Waals surface area contributed by atoms with Crippen molar-refractivity contribution in [2.24, 2.45) is 0 Å². The van der Waals surface area contributed by atoms with E-state index >= 15 is 0 Å². The van der Waals surface area contributed by atoms with Crippen molar-refractivity contribution in [3.63, 3.8) is 0 Å². The highest BCUT2D eigenvalue weighted by Gasteiger charge is 2.41. The summed E-state index contributed by atoms with van der Waals surface area (Å²) in [5, 5.41) is 0. The second-order valence-corrected chi connectivity index (χ2v) is 7.11. The predicted molar refractivity (Wildman–Crippen MR) is 101 cm³/mol. The van der Waals surface area contributed by atoms with Crippen molar-refractivity contribution in [3.8, 4) is 11.5 Å². The third kappa shape index (κ3) is 3.16. The number of ether oxygens (including phenoxy) is 3. The number of carbonyl (C=O) groups is 1. The number of carbonyl (C=O) groups excluding carboxylic acids is 1. The van der Waals surface area contributed by atoms with Crippen LogP contribution < -0.4 is 9.47 Å². The van der Waals surface area contributed by atoms with Crippen molar-refractivity contribution in [3.05, 3.63) is 58.1 Å². The van der Waals surface area contributed by atoms with Crippen LogP contribution >= 0.6 is 0 Å². The van der Waals surface area contributed by atoms with Crippen LogP contribution in [0.4, 0.5) is 0 Å². The summed E-state index contributed by atoms with van der Waals surface area (Å²) in [4.78, 5) is 12.1. The molecule has 0 aliphatic carbocycles. The molecule has 0 bridgehead atoms. The molecule has 1 aliphatic heterocycles. The van der Waals surface area contributed by atoms with Gasteiger partial charge in [0.2, 0.25) is 5.60 Å². The van der Waals surface area contributed by atoms with Gasteiger partial charge in [0.1, 0.15) is 18.1 Å². The van der Waals surface area contributed by atoms with Gasteiger partial charge in [-0.15, -0.1) is 0 Å². The smallest absolute Gasteiger partial charge is 0.349 e. The van der Waals surface area contributed by atoms with E-state index in [9.17, 15) is 4.79 Å². The minimum atomic E-state index is -0.933. The van der Waals surface area contributed by atoms with Gasteiger partial charge in [-0.3, -0.25) is 0 Å². The maximum Gasteiger partial charge on any atom is 0.349 e. The average molecular weight is 354 g/mol. The fourth-order valence-corrected chi connectivity index (χ4v) is 3.54. The normalized spacial score (nSPS) is 18.7. The predicted octanol–water partition coefficient (Wildman–Crippen LogP) is 4.45. The van der Waals surface area contributed by atoms with Gasteiger partial charge in [-0.2, -0.15) is 0 Å². The molecule has 0 unspecified atom stereocenters. The van der Waals surface area contributed by atoms with Gasteiger partial charge in [-0.05, 0) is 56.4 Å². The Morgan fingerprint density at radius 2 is 1.81 bits per heavy atom. The Balaban J connectivity index is 1.94. The van der Waals surface area contributed by atoms with Crippen LogP contribution in [0.5, 0.6) is 11.5 Å². The van der Waals surface area contributed by atoms with E-state index in [0.29, 0.717) is 13.0 Å². The zero-order chi connectivity index (χ0) is 18.9. The van der Waals surface area contributed by atoms with Crippen molar-refractivity contribution in [1.82, 2.24) is 0 Å². The van der Waals surface area contributed by atoms with E-state index in [1.807, 2.05) is 32.0 Å². The van der Waals surface area contributed by atoms with E-state index < -0.39 is 5.60 Å². The first-order valence-corrected chi connectivity index (χ1v) is 8.94. The SMILES string of the molecule is COC(=O)[C@@]1(C)CCc2c(C)c(OCc3ccccc3)c(C)c(C)c2O1. The summed E-state index contributed by atoms with van der Waals surface area (Å²) in [5.74, 6) is 1.38. The highest BCUT2D eigenvalue weighted by atomic mass is 16.6. The second-order valence-electron chi connectivity index (χ2n) is 7.11. The zero-order valence-corrected chi connectivity index (χ0v) is 16.1. The number of fused-ring (bicyclic) bond motifs is 1. The van der Waals surface area contributed by atoms with Gasteiger partial charge in [-0.25, -0.2) is 4.79 Å². The number of benzene rings is 2. The molecule has 0 saturated heterocycles. The lowest BCUT2D eigenvalue weighted by Gasteiger charge is -2.36. The lowest BCUT2D eigenvalue weighted by Crippen LogP contribution is -2.45. The summed E-state index contributed by atoms with van der Waals surface area (Å²) < 4.78 is 17.3. The Hall–Kier alpha value is -2.49. The molecule has 0 saturated carbocycles. The van der Waals surface area contributed by atoms with Gasteiger partial charge in [-0.1, -0.05) is 30.3 Å². The Morgan fingerprint density at radius 1 is 1.12 bits per heavy atom. The van der Waals surface area contributed by atoms with Crippen LogP contribution in [-0.2, 0) is 22.6 Å². The number of methoxy groups -OCH3 is 1. The van der Waals surface area contributed by atoms with Gasteiger partial charge in [0.25, 0.3) is 0 Å². The molecule has 2 aromatic rings. The third-order valence-electron chi connectivity index (χ3n) is 5.33. The maximum atomic E-state index is 12.1. The quantitative estimate of drug-likeness (QED) is 0.761. The van der Waals surface area contributed by atoms with E-state index in [1.165, 1.54) is 7.11 Å². The molecule has 1 aliphatic rings. The summed E-state index contributed by atoms with van der Waals surface area (Å²) in [5.41, 5.74) is 4.48. The van der Waals surface area contributed by atoms with Crippen molar-refractivity contribution < 1.29 is 19.0 Å². The minimum Gasteiger partial charge on any atom is -0.488 e. The highest BCUT2D eigenvalue weighted by Crippen LogP contribution is 2.44. The van der Waals surface area contributed by atoms with Gasteiger partial charge < -0.3 is 14.2 Å². The molecule has 4 heteroatoms. The van der Waals surface area contributed by atoms with Gasteiger partial charge >= 0.3 is 5.97 Å². The molecule has 0 amide bonds. The van der Waals surface area contributed by atoms with Gasteiger partial charge in [0.15, 0.2) is 0 Å². The molecular formula is C22H26O4. The number of hydrogen-bond donors (Lipinski definition) is 0. The fourth-order valence-electron chi connectivity index (χ4n) is 3.54. The van der Waals surface area contributed by atoms with E-state index in [2.05, 4.69) is 19.1 Å². The first kappa shape index (κ1) is 18.3. The zero-order valence-electron chi connectivity index (χ0n) is 16.1. The molecule has 1 atom stereocenters. The van der Waals surface area contributed by atoms with Crippen LogP contribution in [0, 0.1) is 20.8 Å². The molecule has 1 heterocycles. The van der Waals surface area contributed by atoms with Crippen LogP contribution in [0.1, 0.15) is 41.2 Å². The van der Waals surface area contributed by atoms with E-state index in [0.717, 1.165) is 45.7 Å². The molecule has 2 aromatic carbocycles. The lowest BCUT2D eigenvalue weighted by molar-refractivity contribution is -0.159. The number of hydrogen-bond acceptors (Lipinski definition) is 4. The largest absolute Gasteiger partial charge is 0.488 e. The third-order valence-corrected chi connectivity index (χ3v) is 5.33. The van der Waals surface area contributed by atoms with Crippen molar-refractivity contribution >= 4 is 5.97 Å². The minimum absolute atomic E-state index is 0.331. The summed E-state index contributed by atoms with van der Waals surface area (Å²) in [7, 11) is 1.40. The summed E-state index contributed by atoms with van der Waals surface area (Å²) >= 11 is 0. The fraction of sp³-hybridized carbons (Fsp3) is 0.409. The molecule has 26 heavy (non-hydrogen) atoms. The van der Waals surface area contributed by atoms with Crippen LogP contribution in [0.2, 0.25) is 0 Å². The van der Waals surface area contributed by atoms with Crippen LogP contribution in [-0.4, -0.2) is 18.7 Å². The molecule has 0 N–H and O–H groups in total. The molecule has 0 radical (unpaired) electrons.